The van der Waals surface area contributed by atoms with E-state index in [0.717, 1.165) is 24.6 Å². The van der Waals surface area contributed by atoms with Crippen LogP contribution in [0.5, 0.6) is 0 Å². The summed E-state index contributed by atoms with van der Waals surface area (Å²) in [4.78, 5) is 11.8. The standard InChI is InChI=1S/C17H25NOS/c19-17(14-20-16-11-5-2-6-12-16)18-13-7-10-15-8-3-1-4-9-15/h1,3-4,8-9,16H,2,5-7,10-14H2,(H,18,19). The van der Waals surface area contributed by atoms with Crippen LogP contribution >= 0.6 is 11.8 Å². The summed E-state index contributed by atoms with van der Waals surface area (Å²) in [5.74, 6) is 0.837. The van der Waals surface area contributed by atoms with Crippen LogP contribution in [0.15, 0.2) is 30.3 Å². The molecule has 1 aliphatic rings. The van der Waals surface area contributed by atoms with Crippen molar-refractivity contribution in [2.24, 2.45) is 0 Å². The second kappa shape index (κ2) is 9.06. The van der Waals surface area contributed by atoms with E-state index in [0.29, 0.717) is 5.75 Å². The van der Waals surface area contributed by atoms with Gasteiger partial charge < -0.3 is 5.32 Å². The zero-order valence-corrected chi connectivity index (χ0v) is 13.0. The predicted octanol–water partition coefficient (Wildman–Crippen LogP) is 3.80. The van der Waals surface area contributed by atoms with Gasteiger partial charge in [0.1, 0.15) is 0 Å². The Morgan fingerprint density at radius 3 is 2.65 bits per heavy atom. The van der Waals surface area contributed by atoms with Gasteiger partial charge in [0.05, 0.1) is 5.75 Å². The van der Waals surface area contributed by atoms with Gasteiger partial charge in [-0.25, -0.2) is 0 Å². The van der Waals surface area contributed by atoms with Crippen LogP contribution in [0.4, 0.5) is 0 Å². The Morgan fingerprint density at radius 1 is 1.15 bits per heavy atom. The topological polar surface area (TPSA) is 29.1 Å². The average Bonchev–Trinajstić information content (AvgIpc) is 2.52. The van der Waals surface area contributed by atoms with E-state index in [4.69, 9.17) is 0 Å². The van der Waals surface area contributed by atoms with Gasteiger partial charge in [0.2, 0.25) is 5.91 Å². The maximum Gasteiger partial charge on any atom is 0.230 e. The average molecular weight is 291 g/mol. The minimum Gasteiger partial charge on any atom is -0.355 e. The third-order valence-electron chi connectivity index (χ3n) is 3.81. The molecular formula is C17H25NOS. The molecule has 1 amide bonds. The number of aryl methyl sites for hydroxylation is 1. The Bertz CT molecular complexity index is 387. The molecule has 1 saturated carbocycles. The number of hydrogen-bond acceptors (Lipinski definition) is 2. The minimum absolute atomic E-state index is 0.202. The molecule has 2 nitrogen and oxygen atoms in total. The largest absolute Gasteiger partial charge is 0.355 e. The molecule has 20 heavy (non-hydrogen) atoms. The fraction of sp³-hybridized carbons (Fsp3) is 0.588. The summed E-state index contributed by atoms with van der Waals surface area (Å²) >= 11 is 1.85. The third kappa shape index (κ3) is 6.00. The highest BCUT2D eigenvalue weighted by atomic mass is 32.2. The normalized spacial score (nSPS) is 16.0. The highest BCUT2D eigenvalue weighted by Crippen LogP contribution is 2.27. The zero-order chi connectivity index (χ0) is 14.0. The molecule has 1 aliphatic carbocycles. The number of nitrogens with one attached hydrogen (secondary N) is 1. The SMILES string of the molecule is O=C(CSC1CCCCC1)NCCCc1ccccc1. The lowest BCUT2D eigenvalue weighted by atomic mass is 10.0. The van der Waals surface area contributed by atoms with Crippen molar-refractivity contribution in [3.8, 4) is 0 Å². The molecular weight excluding hydrogens is 266 g/mol. The Balaban J connectivity index is 1.51. The van der Waals surface area contributed by atoms with E-state index in [1.54, 1.807) is 0 Å². The molecule has 0 aromatic heterocycles. The van der Waals surface area contributed by atoms with Crippen molar-refractivity contribution in [2.45, 2.75) is 50.2 Å². The van der Waals surface area contributed by atoms with Gasteiger partial charge in [-0.15, -0.1) is 11.8 Å². The first kappa shape index (κ1) is 15.4. The van der Waals surface area contributed by atoms with Crippen LogP contribution in [0.2, 0.25) is 0 Å². The highest BCUT2D eigenvalue weighted by molar-refractivity contribution is 8.00. The first-order valence-corrected chi connectivity index (χ1v) is 8.82. The summed E-state index contributed by atoms with van der Waals surface area (Å²) in [6.07, 6.45) is 8.72. The van der Waals surface area contributed by atoms with Crippen LogP contribution in [-0.2, 0) is 11.2 Å². The summed E-state index contributed by atoms with van der Waals surface area (Å²) in [7, 11) is 0. The van der Waals surface area contributed by atoms with Crippen molar-refractivity contribution in [2.75, 3.05) is 12.3 Å². The van der Waals surface area contributed by atoms with Crippen LogP contribution in [0, 0.1) is 0 Å². The molecule has 1 aromatic carbocycles. The molecule has 0 bridgehead atoms. The van der Waals surface area contributed by atoms with E-state index in [-0.39, 0.29) is 5.91 Å². The monoisotopic (exact) mass is 291 g/mol. The predicted molar refractivity (Wildman–Crippen MR) is 87.1 cm³/mol. The third-order valence-corrected chi connectivity index (χ3v) is 5.18. The van der Waals surface area contributed by atoms with Crippen molar-refractivity contribution >= 4 is 17.7 Å². The molecule has 0 radical (unpaired) electrons. The fourth-order valence-electron chi connectivity index (χ4n) is 2.64. The molecule has 1 aromatic rings. The van der Waals surface area contributed by atoms with Crippen LogP contribution in [0.1, 0.15) is 44.1 Å². The highest BCUT2D eigenvalue weighted by Gasteiger charge is 2.14. The van der Waals surface area contributed by atoms with E-state index in [1.165, 1.54) is 37.7 Å². The molecule has 110 valence electrons. The lowest BCUT2D eigenvalue weighted by molar-refractivity contribution is -0.118. The molecule has 3 heteroatoms. The summed E-state index contributed by atoms with van der Waals surface area (Å²) in [5.41, 5.74) is 1.35. The molecule has 0 heterocycles. The number of hydrogen-bond donors (Lipinski definition) is 1. The van der Waals surface area contributed by atoms with Crippen LogP contribution < -0.4 is 5.32 Å². The molecule has 0 atom stereocenters. The summed E-state index contributed by atoms with van der Waals surface area (Å²) in [6, 6.07) is 10.4. The van der Waals surface area contributed by atoms with E-state index < -0.39 is 0 Å². The number of carbonyl (C=O) groups excluding carboxylic acids is 1. The number of benzene rings is 1. The number of thioether (sulfide) groups is 1. The molecule has 0 saturated heterocycles. The molecule has 1 fully saturated rings. The maximum absolute atomic E-state index is 11.8. The number of rotatable bonds is 7. The van der Waals surface area contributed by atoms with E-state index in [2.05, 4.69) is 29.6 Å². The van der Waals surface area contributed by atoms with E-state index in [1.807, 2.05) is 17.8 Å². The minimum atomic E-state index is 0.202. The summed E-state index contributed by atoms with van der Waals surface area (Å²) < 4.78 is 0. The van der Waals surface area contributed by atoms with Crippen molar-refractivity contribution in [1.82, 2.24) is 5.32 Å². The first-order chi connectivity index (χ1) is 9.84. The summed E-state index contributed by atoms with van der Waals surface area (Å²) in [5, 5.41) is 3.75. The Morgan fingerprint density at radius 2 is 1.90 bits per heavy atom. The summed E-state index contributed by atoms with van der Waals surface area (Å²) in [6.45, 7) is 0.791. The molecule has 0 spiro atoms. The quantitative estimate of drug-likeness (QED) is 0.774. The lowest BCUT2D eigenvalue weighted by Gasteiger charge is -2.20. The van der Waals surface area contributed by atoms with Gasteiger partial charge in [0.25, 0.3) is 0 Å². The molecule has 0 unspecified atom stereocenters. The molecule has 1 N–H and O–H groups in total. The van der Waals surface area contributed by atoms with Gasteiger partial charge in [-0.3, -0.25) is 4.79 Å². The smallest absolute Gasteiger partial charge is 0.230 e. The van der Waals surface area contributed by atoms with Crippen molar-refractivity contribution in [3.05, 3.63) is 35.9 Å². The lowest BCUT2D eigenvalue weighted by Crippen LogP contribution is -2.27. The fourth-order valence-corrected chi connectivity index (χ4v) is 3.80. The molecule has 0 aliphatic heterocycles. The zero-order valence-electron chi connectivity index (χ0n) is 12.1. The van der Waals surface area contributed by atoms with E-state index >= 15 is 0 Å². The van der Waals surface area contributed by atoms with Crippen LogP contribution in [0.25, 0.3) is 0 Å². The van der Waals surface area contributed by atoms with Crippen molar-refractivity contribution < 1.29 is 4.79 Å². The van der Waals surface area contributed by atoms with Gasteiger partial charge in [-0.1, -0.05) is 49.6 Å². The Hall–Kier alpha value is -0.960. The van der Waals surface area contributed by atoms with Gasteiger partial charge >= 0.3 is 0 Å². The van der Waals surface area contributed by atoms with Crippen LogP contribution in [0.3, 0.4) is 0 Å². The van der Waals surface area contributed by atoms with Gasteiger partial charge in [-0.2, -0.15) is 0 Å². The number of carbonyl (C=O) groups is 1. The van der Waals surface area contributed by atoms with Crippen molar-refractivity contribution in [1.29, 1.82) is 0 Å². The van der Waals surface area contributed by atoms with Gasteiger partial charge in [-0.05, 0) is 31.2 Å². The second-order valence-corrected chi connectivity index (χ2v) is 6.80. The van der Waals surface area contributed by atoms with E-state index in [9.17, 15) is 4.79 Å². The van der Waals surface area contributed by atoms with Gasteiger partial charge in [0, 0.05) is 11.8 Å². The molecule has 2 rings (SSSR count). The Kier molecular flexibility index (Phi) is 6.99. The second-order valence-electron chi connectivity index (χ2n) is 5.51. The number of amides is 1. The first-order valence-electron chi connectivity index (χ1n) is 7.77. The van der Waals surface area contributed by atoms with Crippen LogP contribution in [-0.4, -0.2) is 23.5 Å². The van der Waals surface area contributed by atoms with Gasteiger partial charge in [0.15, 0.2) is 0 Å². The Labute approximate surface area is 126 Å². The maximum atomic E-state index is 11.8. The van der Waals surface area contributed by atoms with Crippen molar-refractivity contribution in [3.63, 3.8) is 0 Å².